The quantitative estimate of drug-likeness (QED) is 0.832. The number of hydrogen-bond acceptors (Lipinski definition) is 3. The van der Waals surface area contributed by atoms with Crippen LogP contribution >= 0.6 is 11.8 Å². The van der Waals surface area contributed by atoms with E-state index < -0.39 is 0 Å². The molecule has 2 rings (SSSR count). The van der Waals surface area contributed by atoms with E-state index in [-0.39, 0.29) is 6.04 Å². The zero-order valence-electron chi connectivity index (χ0n) is 11.8. The molecule has 104 valence electrons. The summed E-state index contributed by atoms with van der Waals surface area (Å²) in [6.07, 6.45) is 7.67. The van der Waals surface area contributed by atoms with E-state index in [4.69, 9.17) is 0 Å². The van der Waals surface area contributed by atoms with Crippen molar-refractivity contribution < 1.29 is 4.79 Å². The Morgan fingerprint density at radius 1 is 1.44 bits per heavy atom. The summed E-state index contributed by atoms with van der Waals surface area (Å²) in [5.74, 6) is 2.70. The summed E-state index contributed by atoms with van der Waals surface area (Å²) >= 11 is 1.87. The molecule has 1 N–H and O–H groups in total. The summed E-state index contributed by atoms with van der Waals surface area (Å²) in [5, 5.41) is 3.51. The SMILES string of the molecule is CSCC(C)CN1C(=O)C(C)NC1C1CCCC1. The number of carbonyl (C=O) groups is 1. The lowest BCUT2D eigenvalue weighted by Gasteiger charge is -2.31. The molecule has 1 saturated carbocycles. The normalized spacial score (nSPS) is 31.3. The Kier molecular flexibility index (Phi) is 4.96. The van der Waals surface area contributed by atoms with E-state index in [1.165, 1.54) is 25.7 Å². The molecule has 1 amide bonds. The van der Waals surface area contributed by atoms with Crippen molar-refractivity contribution in [3.63, 3.8) is 0 Å². The molecule has 1 saturated heterocycles. The van der Waals surface area contributed by atoms with Crippen LogP contribution < -0.4 is 5.32 Å². The lowest BCUT2D eigenvalue weighted by Crippen LogP contribution is -2.44. The van der Waals surface area contributed by atoms with Gasteiger partial charge >= 0.3 is 0 Å². The molecule has 0 bridgehead atoms. The maximum atomic E-state index is 12.3. The lowest BCUT2D eigenvalue weighted by molar-refractivity contribution is -0.130. The fraction of sp³-hybridized carbons (Fsp3) is 0.929. The molecule has 0 aromatic carbocycles. The number of amides is 1. The summed E-state index contributed by atoms with van der Waals surface area (Å²) in [5.41, 5.74) is 0. The average molecular weight is 270 g/mol. The van der Waals surface area contributed by atoms with E-state index >= 15 is 0 Å². The van der Waals surface area contributed by atoms with Crippen molar-refractivity contribution >= 4 is 17.7 Å². The van der Waals surface area contributed by atoms with Crippen molar-refractivity contribution in [3.8, 4) is 0 Å². The van der Waals surface area contributed by atoms with Gasteiger partial charge in [-0.15, -0.1) is 0 Å². The van der Waals surface area contributed by atoms with E-state index in [1.807, 2.05) is 18.7 Å². The molecule has 2 aliphatic rings. The highest BCUT2D eigenvalue weighted by Gasteiger charge is 2.41. The molecule has 1 aliphatic carbocycles. The minimum Gasteiger partial charge on any atom is -0.325 e. The van der Waals surface area contributed by atoms with Gasteiger partial charge in [-0.3, -0.25) is 10.1 Å². The molecule has 0 aromatic heterocycles. The number of rotatable bonds is 5. The van der Waals surface area contributed by atoms with Crippen molar-refractivity contribution in [2.45, 2.75) is 51.7 Å². The van der Waals surface area contributed by atoms with Gasteiger partial charge in [0, 0.05) is 6.54 Å². The van der Waals surface area contributed by atoms with Crippen molar-refractivity contribution in [2.75, 3.05) is 18.6 Å². The van der Waals surface area contributed by atoms with Gasteiger partial charge in [-0.05, 0) is 43.6 Å². The average Bonchev–Trinajstić information content (AvgIpc) is 2.93. The highest BCUT2D eigenvalue weighted by molar-refractivity contribution is 7.98. The predicted molar refractivity (Wildman–Crippen MR) is 77.6 cm³/mol. The molecule has 2 fully saturated rings. The number of thioether (sulfide) groups is 1. The minimum atomic E-state index is 0.0112. The first-order valence-electron chi connectivity index (χ1n) is 7.19. The fourth-order valence-electron chi connectivity index (χ4n) is 3.34. The summed E-state index contributed by atoms with van der Waals surface area (Å²) in [4.78, 5) is 14.4. The van der Waals surface area contributed by atoms with Crippen LogP contribution in [0.25, 0.3) is 0 Å². The molecular weight excluding hydrogens is 244 g/mol. The van der Waals surface area contributed by atoms with Crippen LogP contribution in [0.1, 0.15) is 39.5 Å². The molecule has 4 heteroatoms. The van der Waals surface area contributed by atoms with E-state index in [1.54, 1.807) is 0 Å². The standard InChI is InChI=1S/C14H26N2OS/c1-10(9-18-3)8-16-13(12-6-4-5-7-12)15-11(2)14(16)17/h10-13,15H,4-9H2,1-3H3. The van der Waals surface area contributed by atoms with Crippen LogP contribution in [-0.4, -0.2) is 41.6 Å². The topological polar surface area (TPSA) is 32.3 Å². The Balaban J connectivity index is 2.00. The molecule has 0 aromatic rings. The van der Waals surface area contributed by atoms with Gasteiger partial charge in [0.2, 0.25) is 5.91 Å². The number of carbonyl (C=O) groups excluding carboxylic acids is 1. The molecule has 3 nitrogen and oxygen atoms in total. The second kappa shape index (κ2) is 6.29. The van der Waals surface area contributed by atoms with Crippen LogP contribution in [0.4, 0.5) is 0 Å². The predicted octanol–water partition coefficient (Wildman–Crippen LogP) is 2.32. The molecule has 0 radical (unpaired) electrons. The molecular formula is C14H26N2OS. The largest absolute Gasteiger partial charge is 0.325 e. The van der Waals surface area contributed by atoms with E-state index in [9.17, 15) is 4.79 Å². The van der Waals surface area contributed by atoms with Gasteiger partial charge in [0.15, 0.2) is 0 Å². The van der Waals surface area contributed by atoms with Gasteiger partial charge in [0.1, 0.15) is 0 Å². The van der Waals surface area contributed by atoms with Gasteiger partial charge < -0.3 is 4.90 Å². The minimum absolute atomic E-state index is 0.0112. The van der Waals surface area contributed by atoms with Crippen LogP contribution in [0.15, 0.2) is 0 Å². The molecule has 1 aliphatic heterocycles. The summed E-state index contributed by atoms with van der Waals surface area (Å²) in [6, 6.07) is 0.0112. The van der Waals surface area contributed by atoms with Crippen molar-refractivity contribution in [3.05, 3.63) is 0 Å². The second-order valence-electron chi connectivity index (χ2n) is 5.93. The Labute approximate surface area is 115 Å². The van der Waals surface area contributed by atoms with Gasteiger partial charge in [0.05, 0.1) is 12.2 Å². The number of nitrogens with one attached hydrogen (secondary N) is 1. The number of nitrogens with zero attached hydrogens (tertiary/aromatic N) is 1. The Morgan fingerprint density at radius 3 is 2.72 bits per heavy atom. The zero-order chi connectivity index (χ0) is 13.1. The Hall–Kier alpha value is -0.220. The van der Waals surface area contributed by atoms with Crippen LogP contribution in [0, 0.1) is 11.8 Å². The lowest BCUT2D eigenvalue weighted by atomic mass is 10.0. The maximum absolute atomic E-state index is 12.3. The smallest absolute Gasteiger partial charge is 0.240 e. The Morgan fingerprint density at radius 2 is 2.11 bits per heavy atom. The van der Waals surface area contributed by atoms with E-state index in [2.05, 4.69) is 23.4 Å². The first kappa shape index (κ1) is 14.2. The molecule has 3 unspecified atom stereocenters. The fourth-order valence-corrected chi connectivity index (χ4v) is 4.02. The molecule has 3 atom stereocenters. The third-order valence-electron chi connectivity index (χ3n) is 4.22. The maximum Gasteiger partial charge on any atom is 0.240 e. The van der Waals surface area contributed by atoms with E-state index in [0.29, 0.717) is 23.9 Å². The monoisotopic (exact) mass is 270 g/mol. The van der Waals surface area contributed by atoms with Gasteiger partial charge in [-0.2, -0.15) is 11.8 Å². The summed E-state index contributed by atoms with van der Waals surface area (Å²) in [7, 11) is 0. The molecule has 0 spiro atoms. The van der Waals surface area contributed by atoms with Crippen LogP contribution in [-0.2, 0) is 4.79 Å². The van der Waals surface area contributed by atoms with Gasteiger partial charge in [-0.1, -0.05) is 19.8 Å². The van der Waals surface area contributed by atoms with Gasteiger partial charge in [0.25, 0.3) is 0 Å². The highest BCUT2D eigenvalue weighted by Crippen LogP contribution is 2.32. The van der Waals surface area contributed by atoms with Crippen molar-refractivity contribution in [2.24, 2.45) is 11.8 Å². The van der Waals surface area contributed by atoms with Crippen molar-refractivity contribution in [1.82, 2.24) is 10.2 Å². The highest BCUT2D eigenvalue weighted by atomic mass is 32.2. The summed E-state index contributed by atoms with van der Waals surface area (Å²) < 4.78 is 0. The first-order chi connectivity index (χ1) is 8.63. The first-order valence-corrected chi connectivity index (χ1v) is 8.58. The zero-order valence-corrected chi connectivity index (χ0v) is 12.6. The van der Waals surface area contributed by atoms with Crippen LogP contribution in [0.5, 0.6) is 0 Å². The third kappa shape index (κ3) is 3.02. The Bertz CT molecular complexity index is 292. The molecule has 1 heterocycles. The number of hydrogen-bond donors (Lipinski definition) is 1. The summed E-state index contributed by atoms with van der Waals surface area (Å²) in [6.45, 7) is 5.17. The van der Waals surface area contributed by atoms with Crippen LogP contribution in [0.2, 0.25) is 0 Å². The molecule has 18 heavy (non-hydrogen) atoms. The van der Waals surface area contributed by atoms with Crippen molar-refractivity contribution in [1.29, 1.82) is 0 Å². The van der Waals surface area contributed by atoms with E-state index in [0.717, 1.165) is 12.3 Å². The van der Waals surface area contributed by atoms with Gasteiger partial charge in [-0.25, -0.2) is 0 Å². The third-order valence-corrected chi connectivity index (χ3v) is 5.12. The van der Waals surface area contributed by atoms with Crippen LogP contribution in [0.3, 0.4) is 0 Å². The second-order valence-corrected chi connectivity index (χ2v) is 6.84.